The number of hydrogen-bond acceptors (Lipinski definition) is 4. The van der Waals surface area contributed by atoms with Gasteiger partial charge in [0.05, 0.1) is 0 Å². The first-order chi connectivity index (χ1) is 9.51. The molecule has 1 unspecified atom stereocenters. The maximum Gasteiger partial charge on any atom is 0.137 e. The summed E-state index contributed by atoms with van der Waals surface area (Å²) in [6.07, 6.45) is 2.06. The highest BCUT2D eigenvalue weighted by Crippen LogP contribution is 2.22. The third-order valence-corrected chi connectivity index (χ3v) is 4.42. The molecule has 1 aliphatic heterocycles. The van der Waals surface area contributed by atoms with E-state index in [9.17, 15) is 0 Å². The summed E-state index contributed by atoms with van der Waals surface area (Å²) in [4.78, 5) is 11.4. The molecule has 5 heteroatoms. The fraction of sp³-hybridized carbons (Fsp3) is 0.733. The van der Waals surface area contributed by atoms with Crippen LogP contribution in [-0.4, -0.2) is 40.5 Å². The number of likely N-dealkylation sites (tertiary alicyclic amines) is 1. The minimum atomic E-state index is 0.564. The molecule has 0 radical (unpaired) electrons. The number of hydrogen-bond donors (Lipinski definition) is 1. The van der Waals surface area contributed by atoms with E-state index in [4.69, 9.17) is 11.6 Å². The van der Waals surface area contributed by atoms with Crippen LogP contribution in [0.3, 0.4) is 0 Å². The molecular weight excluding hydrogens is 272 g/mol. The Morgan fingerprint density at radius 3 is 2.75 bits per heavy atom. The quantitative estimate of drug-likeness (QED) is 0.848. The van der Waals surface area contributed by atoms with Crippen LogP contribution in [0.4, 0.5) is 5.82 Å². The van der Waals surface area contributed by atoms with E-state index in [1.807, 2.05) is 13.8 Å². The zero-order valence-electron chi connectivity index (χ0n) is 12.9. The number of aromatic nitrogens is 2. The minimum absolute atomic E-state index is 0.564. The second kappa shape index (κ2) is 6.72. The van der Waals surface area contributed by atoms with Gasteiger partial charge in [0.2, 0.25) is 0 Å². The Kier molecular flexibility index (Phi) is 5.22. The van der Waals surface area contributed by atoms with Gasteiger partial charge in [0.1, 0.15) is 16.8 Å². The van der Waals surface area contributed by atoms with E-state index < -0.39 is 0 Å². The standard InChI is InChI=1S/C15H25ClN4/c1-5-13-18-14(16)11(4)15(19-13)17-8-12-6-7-20(9-12)10(2)3/h10,12H,5-9H2,1-4H3,(H,17,18,19). The molecule has 0 spiro atoms. The van der Waals surface area contributed by atoms with E-state index in [0.29, 0.717) is 17.1 Å². The van der Waals surface area contributed by atoms with Gasteiger partial charge in [0.15, 0.2) is 0 Å². The van der Waals surface area contributed by atoms with Gasteiger partial charge in [0.25, 0.3) is 0 Å². The molecule has 1 aromatic heterocycles. The summed E-state index contributed by atoms with van der Waals surface area (Å²) >= 11 is 6.16. The monoisotopic (exact) mass is 296 g/mol. The van der Waals surface area contributed by atoms with Gasteiger partial charge in [-0.3, -0.25) is 0 Å². The van der Waals surface area contributed by atoms with Crippen molar-refractivity contribution in [3.8, 4) is 0 Å². The largest absolute Gasteiger partial charge is 0.369 e. The van der Waals surface area contributed by atoms with Gasteiger partial charge >= 0.3 is 0 Å². The Morgan fingerprint density at radius 2 is 2.15 bits per heavy atom. The number of anilines is 1. The fourth-order valence-corrected chi connectivity index (χ4v) is 2.79. The van der Waals surface area contributed by atoms with Crippen LogP contribution in [0, 0.1) is 12.8 Å². The molecule has 2 rings (SSSR count). The van der Waals surface area contributed by atoms with Crippen molar-refractivity contribution in [1.82, 2.24) is 14.9 Å². The van der Waals surface area contributed by atoms with Crippen LogP contribution in [-0.2, 0) is 6.42 Å². The highest BCUT2D eigenvalue weighted by atomic mass is 35.5. The Morgan fingerprint density at radius 1 is 1.40 bits per heavy atom. The van der Waals surface area contributed by atoms with Crippen molar-refractivity contribution >= 4 is 17.4 Å². The van der Waals surface area contributed by atoms with Crippen LogP contribution < -0.4 is 5.32 Å². The smallest absolute Gasteiger partial charge is 0.137 e. The average molecular weight is 297 g/mol. The van der Waals surface area contributed by atoms with Crippen molar-refractivity contribution < 1.29 is 0 Å². The van der Waals surface area contributed by atoms with E-state index in [1.54, 1.807) is 0 Å². The highest BCUT2D eigenvalue weighted by Gasteiger charge is 2.24. The third-order valence-electron chi connectivity index (χ3n) is 4.05. The first kappa shape index (κ1) is 15.5. The van der Waals surface area contributed by atoms with E-state index >= 15 is 0 Å². The SMILES string of the molecule is CCc1nc(Cl)c(C)c(NCC2CCN(C(C)C)C2)n1. The van der Waals surface area contributed by atoms with E-state index in [-0.39, 0.29) is 0 Å². The van der Waals surface area contributed by atoms with Crippen LogP contribution >= 0.6 is 11.6 Å². The van der Waals surface area contributed by atoms with Crippen LogP contribution in [0.25, 0.3) is 0 Å². The third kappa shape index (κ3) is 3.61. The molecule has 4 nitrogen and oxygen atoms in total. The maximum atomic E-state index is 6.16. The second-order valence-corrected chi connectivity index (χ2v) is 6.24. The molecule has 0 saturated carbocycles. The topological polar surface area (TPSA) is 41.1 Å². The summed E-state index contributed by atoms with van der Waals surface area (Å²) in [6, 6.07) is 0.641. The summed E-state index contributed by atoms with van der Waals surface area (Å²) in [6.45, 7) is 11.9. The van der Waals surface area contributed by atoms with Crippen molar-refractivity contribution in [2.24, 2.45) is 5.92 Å². The number of nitrogens with one attached hydrogen (secondary N) is 1. The minimum Gasteiger partial charge on any atom is -0.369 e. The molecule has 1 atom stereocenters. The Labute approximate surface area is 126 Å². The van der Waals surface area contributed by atoms with Crippen LogP contribution in [0.5, 0.6) is 0 Å². The van der Waals surface area contributed by atoms with Gasteiger partial charge in [-0.2, -0.15) is 0 Å². The first-order valence-electron chi connectivity index (χ1n) is 7.52. The zero-order valence-corrected chi connectivity index (χ0v) is 13.7. The molecule has 112 valence electrons. The lowest BCUT2D eigenvalue weighted by atomic mass is 10.1. The maximum absolute atomic E-state index is 6.16. The molecule has 20 heavy (non-hydrogen) atoms. The van der Waals surface area contributed by atoms with Crippen LogP contribution in [0.2, 0.25) is 5.15 Å². The highest BCUT2D eigenvalue weighted by molar-refractivity contribution is 6.30. The molecule has 1 N–H and O–H groups in total. The fourth-order valence-electron chi connectivity index (χ4n) is 2.60. The molecule has 1 aliphatic rings. The van der Waals surface area contributed by atoms with Gasteiger partial charge < -0.3 is 10.2 Å². The van der Waals surface area contributed by atoms with E-state index in [0.717, 1.165) is 30.2 Å². The van der Waals surface area contributed by atoms with Gasteiger partial charge in [-0.1, -0.05) is 18.5 Å². The lowest BCUT2D eigenvalue weighted by Crippen LogP contribution is -2.29. The van der Waals surface area contributed by atoms with Crippen molar-refractivity contribution in [2.45, 2.75) is 46.6 Å². The van der Waals surface area contributed by atoms with Gasteiger partial charge in [-0.15, -0.1) is 0 Å². The van der Waals surface area contributed by atoms with Crippen LogP contribution in [0.15, 0.2) is 0 Å². The Bertz CT molecular complexity index is 461. The molecule has 0 aromatic carbocycles. The van der Waals surface area contributed by atoms with Crippen molar-refractivity contribution in [3.05, 3.63) is 16.5 Å². The predicted molar refractivity (Wildman–Crippen MR) is 84.5 cm³/mol. The lowest BCUT2D eigenvalue weighted by Gasteiger charge is -2.20. The molecule has 0 aliphatic carbocycles. The summed E-state index contributed by atoms with van der Waals surface area (Å²) < 4.78 is 0. The lowest BCUT2D eigenvalue weighted by molar-refractivity contribution is 0.266. The second-order valence-electron chi connectivity index (χ2n) is 5.88. The van der Waals surface area contributed by atoms with E-state index in [1.165, 1.54) is 19.5 Å². The average Bonchev–Trinajstić information content (AvgIpc) is 2.89. The Hall–Kier alpha value is -0.870. The molecule has 1 aromatic rings. The summed E-state index contributed by atoms with van der Waals surface area (Å²) in [5.41, 5.74) is 0.947. The normalized spacial score (nSPS) is 19.8. The van der Waals surface area contributed by atoms with E-state index in [2.05, 4.69) is 34.0 Å². The van der Waals surface area contributed by atoms with Crippen LogP contribution in [0.1, 0.15) is 38.6 Å². The predicted octanol–water partition coefficient (Wildman–Crippen LogP) is 3.14. The molecule has 1 saturated heterocycles. The molecule has 0 bridgehead atoms. The molecule has 1 fully saturated rings. The number of rotatable bonds is 5. The first-order valence-corrected chi connectivity index (χ1v) is 7.90. The molecule has 0 amide bonds. The number of halogens is 1. The van der Waals surface area contributed by atoms with Gasteiger partial charge in [0, 0.05) is 31.1 Å². The van der Waals surface area contributed by atoms with Gasteiger partial charge in [-0.25, -0.2) is 9.97 Å². The number of nitrogens with zero attached hydrogens (tertiary/aromatic N) is 3. The summed E-state index contributed by atoms with van der Waals surface area (Å²) in [5.74, 6) is 2.39. The Balaban J connectivity index is 1.96. The van der Waals surface area contributed by atoms with Crippen molar-refractivity contribution in [3.63, 3.8) is 0 Å². The molecule has 2 heterocycles. The zero-order chi connectivity index (χ0) is 14.7. The molecular formula is C15H25ClN4. The van der Waals surface area contributed by atoms with Gasteiger partial charge in [-0.05, 0) is 39.7 Å². The summed E-state index contributed by atoms with van der Waals surface area (Å²) in [5, 5.41) is 4.03. The van der Waals surface area contributed by atoms with Crippen molar-refractivity contribution in [1.29, 1.82) is 0 Å². The number of aryl methyl sites for hydroxylation is 1. The summed E-state index contributed by atoms with van der Waals surface area (Å²) in [7, 11) is 0. The van der Waals surface area contributed by atoms with Crippen molar-refractivity contribution in [2.75, 3.05) is 25.0 Å².